The zero-order valence-corrected chi connectivity index (χ0v) is 13.4. The molecule has 3 aromatic rings. The number of nitrogens with zero attached hydrogens (tertiary/aromatic N) is 5. The first-order valence-corrected chi connectivity index (χ1v) is 8.02. The minimum Gasteiger partial charge on any atom is -0.332 e. The van der Waals surface area contributed by atoms with E-state index in [0.29, 0.717) is 23.9 Å². The van der Waals surface area contributed by atoms with Gasteiger partial charge in [-0.3, -0.25) is 9.48 Å². The van der Waals surface area contributed by atoms with Crippen LogP contribution in [0.15, 0.2) is 18.6 Å². The topological polar surface area (TPSA) is 63.9 Å². The molecule has 0 unspecified atom stereocenters. The molecule has 0 saturated carbocycles. The van der Waals surface area contributed by atoms with Gasteiger partial charge in [0.2, 0.25) is 0 Å². The molecule has 0 fully saturated rings. The van der Waals surface area contributed by atoms with Crippen LogP contribution in [0.3, 0.4) is 0 Å². The van der Waals surface area contributed by atoms with Crippen LogP contribution in [0.2, 0.25) is 5.15 Å². The fourth-order valence-electron chi connectivity index (χ4n) is 2.75. The molecule has 0 bridgehead atoms. The number of amides is 1. The molecule has 3 aromatic heterocycles. The monoisotopic (exact) mass is 333 g/mol. The molecule has 0 saturated heterocycles. The van der Waals surface area contributed by atoms with E-state index >= 15 is 0 Å². The number of carbonyl (C=O) groups excluding carboxylic acids is 1. The van der Waals surface area contributed by atoms with Gasteiger partial charge in [-0.25, -0.2) is 9.97 Å². The van der Waals surface area contributed by atoms with Crippen molar-refractivity contribution in [3.05, 3.63) is 39.9 Å². The Morgan fingerprint density at radius 1 is 1.41 bits per heavy atom. The van der Waals surface area contributed by atoms with Crippen molar-refractivity contribution in [3.63, 3.8) is 0 Å². The maximum atomic E-state index is 12.5. The van der Waals surface area contributed by atoms with Gasteiger partial charge in [0, 0.05) is 24.7 Å². The Bertz CT molecular complexity index is 887. The van der Waals surface area contributed by atoms with Gasteiger partial charge in [-0.15, -0.1) is 11.3 Å². The molecule has 22 heavy (non-hydrogen) atoms. The lowest BCUT2D eigenvalue weighted by Crippen LogP contribution is -2.35. The molecular formula is C14H12ClN5OS. The van der Waals surface area contributed by atoms with Gasteiger partial charge in [0.25, 0.3) is 5.91 Å². The fourth-order valence-corrected chi connectivity index (χ4v) is 4.26. The molecule has 8 heteroatoms. The molecule has 1 aliphatic heterocycles. The second kappa shape index (κ2) is 5.03. The fraction of sp³-hybridized carbons (Fsp3) is 0.286. The molecule has 0 atom stereocenters. The van der Waals surface area contributed by atoms with Crippen LogP contribution in [0.4, 0.5) is 0 Å². The van der Waals surface area contributed by atoms with Gasteiger partial charge in [-0.2, -0.15) is 5.10 Å². The molecular weight excluding hydrogens is 322 g/mol. The Labute approximate surface area is 135 Å². The minimum atomic E-state index is -0.0408. The number of carbonyl (C=O) groups is 1. The van der Waals surface area contributed by atoms with E-state index in [4.69, 9.17) is 11.6 Å². The van der Waals surface area contributed by atoms with Crippen LogP contribution in [-0.4, -0.2) is 37.1 Å². The lowest BCUT2D eigenvalue weighted by atomic mass is 10.1. The maximum Gasteiger partial charge on any atom is 0.274 e. The first-order valence-electron chi connectivity index (χ1n) is 6.83. The predicted octanol–water partition coefficient (Wildman–Crippen LogP) is 2.28. The number of thiophene rings is 1. The summed E-state index contributed by atoms with van der Waals surface area (Å²) in [4.78, 5) is 24.7. The van der Waals surface area contributed by atoms with E-state index in [1.54, 1.807) is 35.3 Å². The van der Waals surface area contributed by atoms with Crippen LogP contribution >= 0.6 is 22.9 Å². The maximum absolute atomic E-state index is 12.5. The largest absolute Gasteiger partial charge is 0.332 e. The summed E-state index contributed by atoms with van der Waals surface area (Å²) in [7, 11) is 1.80. The lowest BCUT2D eigenvalue weighted by Gasteiger charge is -2.26. The summed E-state index contributed by atoms with van der Waals surface area (Å²) in [6, 6.07) is 1.74. The molecule has 4 heterocycles. The first kappa shape index (κ1) is 13.7. The van der Waals surface area contributed by atoms with Crippen molar-refractivity contribution in [2.75, 3.05) is 6.54 Å². The Balaban J connectivity index is 1.68. The van der Waals surface area contributed by atoms with E-state index in [-0.39, 0.29) is 5.91 Å². The van der Waals surface area contributed by atoms with Gasteiger partial charge in [-0.1, -0.05) is 11.6 Å². The van der Waals surface area contributed by atoms with Gasteiger partial charge in [0.1, 0.15) is 22.0 Å². The molecule has 1 aliphatic rings. The number of rotatable bonds is 1. The zero-order chi connectivity index (χ0) is 15.3. The highest BCUT2D eigenvalue weighted by Crippen LogP contribution is 2.37. The summed E-state index contributed by atoms with van der Waals surface area (Å²) >= 11 is 7.78. The number of aryl methyl sites for hydroxylation is 1. The summed E-state index contributed by atoms with van der Waals surface area (Å²) in [6.45, 7) is 1.22. The summed E-state index contributed by atoms with van der Waals surface area (Å²) < 4.78 is 1.64. The predicted molar refractivity (Wildman–Crippen MR) is 84.1 cm³/mol. The van der Waals surface area contributed by atoms with Crippen molar-refractivity contribution in [2.24, 2.45) is 7.05 Å². The summed E-state index contributed by atoms with van der Waals surface area (Å²) in [5, 5.41) is 5.62. The van der Waals surface area contributed by atoms with Gasteiger partial charge >= 0.3 is 0 Å². The highest BCUT2D eigenvalue weighted by atomic mass is 35.5. The molecule has 0 N–H and O–H groups in total. The van der Waals surface area contributed by atoms with E-state index in [1.165, 1.54) is 11.9 Å². The van der Waals surface area contributed by atoms with E-state index in [0.717, 1.165) is 21.5 Å². The summed E-state index contributed by atoms with van der Waals surface area (Å²) in [6.07, 6.45) is 4.02. The minimum absolute atomic E-state index is 0.0408. The van der Waals surface area contributed by atoms with Crippen molar-refractivity contribution in [1.29, 1.82) is 0 Å². The van der Waals surface area contributed by atoms with Gasteiger partial charge < -0.3 is 4.90 Å². The summed E-state index contributed by atoms with van der Waals surface area (Å²) in [5.74, 6) is -0.0408. The number of aromatic nitrogens is 4. The van der Waals surface area contributed by atoms with Crippen molar-refractivity contribution >= 4 is 39.1 Å². The number of fused-ring (bicyclic) bond motifs is 3. The zero-order valence-electron chi connectivity index (χ0n) is 11.8. The standard InChI is InChI=1S/C14H12ClN5OS/c1-19-4-3-9(18-19)14(21)20-5-2-8-10(6-20)22-13-11(8)12(15)16-7-17-13/h3-4,7H,2,5-6H2,1H3. The molecule has 0 radical (unpaired) electrons. The van der Waals surface area contributed by atoms with E-state index in [1.807, 2.05) is 4.90 Å². The third-order valence-corrected chi connectivity index (χ3v) is 5.22. The van der Waals surface area contributed by atoms with E-state index in [9.17, 15) is 4.79 Å². The second-order valence-electron chi connectivity index (χ2n) is 5.20. The number of hydrogen-bond donors (Lipinski definition) is 0. The van der Waals surface area contributed by atoms with Crippen molar-refractivity contribution in [1.82, 2.24) is 24.6 Å². The highest BCUT2D eigenvalue weighted by molar-refractivity contribution is 7.19. The molecule has 4 rings (SSSR count). The summed E-state index contributed by atoms with van der Waals surface area (Å²) in [5.41, 5.74) is 1.65. The third kappa shape index (κ3) is 2.08. The quantitative estimate of drug-likeness (QED) is 0.641. The van der Waals surface area contributed by atoms with E-state index in [2.05, 4.69) is 15.1 Å². The van der Waals surface area contributed by atoms with Crippen LogP contribution in [0.1, 0.15) is 20.9 Å². The number of hydrogen-bond acceptors (Lipinski definition) is 5. The normalized spacial score (nSPS) is 14.4. The van der Waals surface area contributed by atoms with Crippen LogP contribution in [0.25, 0.3) is 10.2 Å². The lowest BCUT2D eigenvalue weighted by molar-refractivity contribution is 0.0730. The van der Waals surface area contributed by atoms with Crippen LogP contribution < -0.4 is 0 Å². The molecule has 1 amide bonds. The SMILES string of the molecule is Cn1ccc(C(=O)N2CCc3c(sc4ncnc(Cl)c34)C2)n1. The molecule has 0 aromatic carbocycles. The van der Waals surface area contributed by atoms with Gasteiger partial charge in [0.15, 0.2) is 0 Å². The van der Waals surface area contributed by atoms with E-state index < -0.39 is 0 Å². The van der Waals surface area contributed by atoms with Gasteiger partial charge in [-0.05, 0) is 18.1 Å². The van der Waals surface area contributed by atoms with Crippen LogP contribution in [0, 0.1) is 0 Å². The van der Waals surface area contributed by atoms with Crippen molar-refractivity contribution < 1.29 is 4.79 Å². The van der Waals surface area contributed by atoms with Gasteiger partial charge in [0.05, 0.1) is 11.9 Å². The molecule has 112 valence electrons. The number of halogens is 1. The Morgan fingerprint density at radius 2 is 2.27 bits per heavy atom. The molecule has 6 nitrogen and oxygen atoms in total. The second-order valence-corrected chi connectivity index (χ2v) is 6.64. The Morgan fingerprint density at radius 3 is 3.05 bits per heavy atom. The Kier molecular flexibility index (Phi) is 3.12. The first-order chi connectivity index (χ1) is 10.6. The smallest absolute Gasteiger partial charge is 0.274 e. The van der Waals surface area contributed by atoms with Crippen molar-refractivity contribution in [2.45, 2.75) is 13.0 Å². The molecule has 0 aliphatic carbocycles. The van der Waals surface area contributed by atoms with Crippen LogP contribution in [0.5, 0.6) is 0 Å². The Hall–Kier alpha value is -1.99. The highest BCUT2D eigenvalue weighted by Gasteiger charge is 2.27. The average Bonchev–Trinajstić information content (AvgIpc) is 3.09. The van der Waals surface area contributed by atoms with Crippen molar-refractivity contribution in [3.8, 4) is 0 Å². The third-order valence-electron chi connectivity index (χ3n) is 3.81. The average molecular weight is 334 g/mol. The molecule has 0 spiro atoms. The van der Waals surface area contributed by atoms with Crippen LogP contribution in [-0.2, 0) is 20.0 Å².